The largest absolute Gasteiger partial charge is 0.301 e. The molecule has 1 atom stereocenters. The van der Waals surface area contributed by atoms with E-state index in [-0.39, 0.29) is 0 Å². The maximum absolute atomic E-state index is 11.1. The van der Waals surface area contributed by atoms with Gasteiger partial charge in [0.1, 0.15) is 5.78 Å². The van der Waals surface area contributed by atoms with Gasteiger partial charge in [-0.3, -0.25) is 9.69 Å². The lowest BCUT2D eigenvalue weighted by Gasteiger charge is -2.29. The summed E-state index contributed by atoms with van der Waals surface area (Å²) in [6, 6.07) is 0.774. The molecular formula is C12H22N2O. The average Bonchev–Trinajstić information content (AvgIpc) is 2.63. The van der Waals surface area contributed by atoms with E-state index in [1.807, 2.05) is 0 Å². The van der Waals surface area contributed by atoms with Crippen molar-refractivity contribution < 1.29 is 4.79 Å². The Hall–Kier alpha value is -0.410. The molecule has 0 saturated carbocycles. The topological polar surface area (TPSA) is 23.6 Å². The van der Waals surface area contributed by atoms with Crippen LogP contribution in [0.25, 0.3) is 0 Å². The fourth-order valence-corrected chi connectivity index (χ4v) is 2.62. The molecule has 2 saturated heterocycles. The molecule has 0 aromatic rings. The number of nitrogens with zero attached hydrogens (tertiary/aromatic N) is 2. The zero-order chi connectivity index (χ0) is 10.7. The normalized spacial score (nSPS) is 29.9. The highest BCUT2D eigenvalue weighted by Gasteiger charge is 2.21. The van der Waals surface area contributed by atoms with Gasteiger partial charge >= 0.3 is 0 Å². The molecule has 0 aromatic carbocycles. The van der Waals surface area contributed by atoms with Crippen LogP contribution in [0, 0.1) is 0 Å². The molecule has 0 bridgehead atoms. The first-order chi connectivity index (χ1) is 7.25. The van der Waals surface area contributed by atoms with Crippen molar-refractivity contribution in [3.8, 4) is 0 Å². The number of rotatable bonds is 3. The van der Waals surface area contributed by atoms with Crippen LogP contribution in [0.3, 0.4) is 0 Å². The Kier molecular flexibility index (Phi) is 3.76. The molecule has 0 aliphatic carbocycles. The Labute approximate surface area is 92.4 Å². The lowest BCUT2D eigenvalue weighted by atomic mass is 10.1. The van der Waals surface area contributed by atoms with Crippen molar-refractivity contribution in [2.24, 2.45) is 0 Å². The van der Waals surface area contributed by atoms with Gasteiger partial charge < -0.3 is 4.90 Å². The molecule has 15 heavy (non-hydrogen) atoms. The molecule has 86 valence electrons. The first-order valence-electron chi connectivity index (χ1n) is 6.24. The van der Waals surface area contributed by atoms with Gasteiger partial charge in [-0.25, -0.2) is 0 Å². The molecule has 0 radical (unpaired) electrons. The third-order valence-electron chi connectivity index (χ3n) is 3.81. The predicted octanol–water partition coefficient (Wildman–Crippen LogP) is 1.14. The molecule has 2 aliphatic rings. The van der Waals surface area contributed by atoms with Gasteiger partial charge in [0.05, 0.1) is 0 Å². The summed E-state index contributed by atoms with van der Waals surface area (Å²) in [6.07, 6.45) is 4.27. The van der Waals surface area contributed by atoms with Crippen molar-refractivity contribution in [1.29, 1.82) is 0 Å². The molecule has 0 amide bonds. The fraction of sp³-hybridized carbons (Fsp3) is 0.917. The van der Waals surface area contributed by atoms with Crippen molar-refractivity contribution in [1.82, 2.24) is 9.80 Å². The molecule has 1 unspecified atom stereocenters. The first kappa shape index (κ1) is 11.1. The maximum Gasteiger partial charge on any atom is 0.135 e. The summed E-state index contributed by atoms with van der Waals surface area (Å²) in [6.45, 7) is 7.91. The summed E-state index contributed by atoms with van der Waals surface area (Å²) in [4.78, 5) is 16.1. The minimum absolute atomic E-state index is 0.445. The summed E-state index contributed by atoms with van der Waals surface area (Å²) in [5, 5.41) is 0. The van der Waals surface area contributed by atoms with E-state index in [4.69, 9.17) is 0 Å². The number of piperidine rings is 1. The van der Waals surface area contributed by atoms with Gasteiger partial charge in [0.2, 0.25) is 0 Å². The second-order valence-corrected chi connectivity index (χ2v) is 4.91. The van der Waals surface area contributed by atoms with Gasteiger partial charge in [-0.05, 0) is 26.3 Å². The number of carbonyl (C=O) groups is 1. The van der Waals surface area contributed by atoms with E-state index in [1.54, 1.807) is 0 Å². The summed E-state index contributed by atoms with van der Waals surface area (Å²) < 4.78 is 0. The Bertz CT molecular complexity index is 220. The molecule has 3 nitrogen and oxygen atoms in total. The first-order valence-corrected chi connectivity index (χ1v) is 6.24. The zero-order valence-corrected chi connectivity index (χ0v) is 9.74. The average molecular weight is 210 g/mol. The fourth-order valence-electron chi connectivity index (χ4n) is 2.62. The lowest BCUT2D eigenvalue weighted by Crippen LogP contribution is -2.40. The molecule has 3 heteroatoms. The zero-order valence-electron chi connectivity index (χ0n) is 9.74. The Morgan fingerprint density at radius 2 is 1.93 bits per heavy atom. The van der Waals surface area contributed by atoms with Crippen LogP contribution in [-0.2, 0) is 4.79 Å². The minimum atomic E-state index is 0.445. The van der Waals surface area contributed by atoms with Crippen LogP contribution in [-0.4, -0.2) is 54.3 Å². The van der Waals surface area contributed by atoms with E-state index in [0.29, 0.717) is 5.78 Å². The van der Waals surface area contributed by atoms with Crippen molar-refractivity contribution in [2.45, 2.75) is 38.6 Å². The van der Waals surface area contributed by atoms with E-state index in [0.717, 1.165) is 38.5 Å². The van der Waals surface area contributed by atoms with Crippen LogP contribution < -0.4 is 0 Å². The quantitative estimate of drug-likeness (QED) is 0.698. The van der Waals surface area contributed by atoms with Crippen LogP contribution in [0.5, 0.6) is 0 Å². The highest BCUT2D eigenvalue weighted by Crippen LogP contribution is 2.16. The number of hydrogen-bond donors (Lipinski definition) is 0. The predicted molar refractivity (Wildman–Crippen MR) is 61.0 cm³/mol. The molecule has 0 N–H and O–H groups in total. The molecule has 0 aromatic heterocycles. The highest BCUT2D eigenvalue weighted by molar-refractivity contribution is 5.79. The van der Waals surface area contributed by atoms with E-state index in [2.05, 4.69) is 16.7 Å². The molecule has 0 spiro atoms. The summed E-state index contributed by atoms with van der Waals surface area (Å²) in [5.74, 6) is 0.445. The van der Waals surface area contributed by atoms with Crippen molar-refractivity contribution >= 4 is 5.78 Å². The molecule has 2 aliphatic heterocycles. The van der Waals surface area contributed by atoms with E-state index >= 15 is 0 Å². The second-order valence-electron chi connectivity index (χ2n) is 4.91. The third kappa shape index (κ3) is 3.02. The van der Waals surface area contributed by atoms with Gasteiger partial charge in [-0.15, -0.1) is 0 Å². The standard InChI is InChI=1S/C12H22N2O/c1-11-3-2-6-14(11)10-9-13-7-4-12(15)5-8-13/h11H,2-10H2,1H3. The Morgan fingerprint density at radius 1 is 1.20 bits per heavy atom. The van der Waals surface area contributed by atoms with Gasteiger partial charge in [-0.1, -0.05) is 0 Å². The number of carbonyl (C=O) groups excluding carboxylic acids is 1. The minimum Gasteiger partial charge on any atom is -0.301 e. The summed E-state index contributed by atoms with van der Waals surface area (Å²) in [7, 11) is 0. The summed E-state index contributed by atoms with van der Waals surface area (Å²) in [5.41, 5.74) is 0. The lowest BCUT2D eigenvalue weighted by molar-refractivity contribution is -0.121. The van der Waals surface area contributed by atoms with E-state index in [1.165, 1.54) is 25.9 Å². The van der Waals surface area contributed by atoms with Crippen molar-refractivity contribution in [2.75, 3.05) is 32.7 Å². The molecule has 2 fully saturated rings. The number of likely N-dealkylation sites (tertiary alicyclic amines) is 2. The molecular weight excluding hydrogens is 188 g/mol. The Balaban J connectivity index is 1.67. The van der Waals surface area contributed by atoms with Crippen LogP contribution >= 0.6 is 0 Å². The van der Waals surface area contributed by atoms with Crippen LogP contribution in [0.15, 0.2) is 0 Å². The number of ketones is 1. The molecule has 2 rings (SSSR count). The smallest absolute Gasteiger partial charge is 0.135 e. The van der Waals surface area contributed by atoms with Crippen molar-refractivity contribution in [3.63, 3.8) is 0 Å². The number of Topliss-reactive ketones (excluding diaryl/α,β-unsaturated/α-hetero) is 1. The van der Waals surface area contributed by atoms with Crippen LogP contribution in [0.1, 0.15) is 32.6 Å². The van der Waals surface area contributed by atoms with E-state index < -0.39 is 0 Å². The van der Waals surface area contributed by atoms with E-state index in [9.17, 15) is 4.79 Å². The maximum atomic E-state index is 11.1. The third-order valence-corrected chi connectivity index (χ3v) is 3.81. The van der Waals surface area contributed by atoms with Gasteiger partial charge in [0.15, 0.2) is 0 Å². The van der Waals surface area contributed by atoms with Gasteiger partial charge in [-0.2, -0.15) is 0 Å². The number of hydrogen-bond acceptors (Lipinski definition) is 3. The highest BCUT2D eigenvalue weighted by atomic mass is 16.1. The Morgan fingerprint density at radius 3 is 2.53 bits per heavy atom. The SMILES string of the molecule is CC1CCCN1CCN1CCC(=O)CC1. The molecule has 2 heterocycles. The van der Waals surface area contributed by atoms with Gasteiger partial charge in [0, 0.05) is 45.1 Å². The van der Waals surface area contributed by atoms with Gasteiger partial charge in [0.25, 0.3) is 0 Å². The monoisotopic (exact) mass is 210 g/mol. The second kappa shape index (κ2) is 5.08. The van der Waals surface area contributed by atoms with Crippen LogP contribution in [0.4, 0.5) is 0 Å². The summed E-state index contributed by atoms with van der Waals surface area (Å²) >= 11 is 0. The van der Waals surface area contributed by atoms with Crippen molar-refractivity contribution in [3.05, 3.63) is 0 Å². The van der Waals surface area contributed by atoms with Crippen LogP contribution in [0.2, 0.25) is 0 Å².